The number of aliphatic hydroxyl groups is 2. The first-order valence-corrected chi connectivity index (χ1v) is 14.4. The maximum atomic E-state index is 13.4. The van der Waals surface area contributed by atoms with Crippen molar-refractivity contribution in [1.29, 1.82) is 0 Å². The summed E-state index contributed by atoms with van der Waals surface area (Å²) in [5, 5.41) is 45.8. The lowest BCUT2D eigenvalue weighted by Crippen LogP contribution is -2.43. The van der Waals surface area contributed by atoms with E-state index in [1.807, 2.05) is 13.8 Å². The fourth-order valence-corrected chi connectivity index (χ4v) is 6.88. The maximum Gasteiger partial charge on any atom is 0.183 e. The lowest BCUT2D eigenvalue weighted by atomic mass is 9.71. The molecule has 0 spiro atoms. The van der Waals surface area contributed by atoms with Crippen LogP contribution in [0.1, 0.15) is 109 Å². The quantitative estimate of drug-likeness (QED) is 0.221. The number of fused-ring (bicyclic) bond motifs is 3. The second-order valence-electron chi connectivity index (χ2n) is 14.5. The summed E-state index contributed by atoms with van der Waals surface area (Å²) in [6.45, 7) is 17.7. The lowest BCUT2D eigenvalue weighted by Gasteiger charge is -2.43. The first kappa shape index (κ1) is 30.7. The van der Waals surface area contributed by atoms with Crippen molar-refractivity contribution >= 4 is 17.3 Å². The Morgan fingerprint density at radius 1 is 0.878 bits per heavy atom. The monoisotopic (exact) mass is 568 g/mol. The van der Waals surface area contributed by atoms with Gasteiger partial charge in [-0.25, -0.2) is 0 Å². The Morgan fingerprint density at radius 3 is 1.98 bits per heavy atom. The standard InChI is InChI=1S/C33H44O8/c1-14(2)23(34)21-25(36)16(11-17-26(37)22(24(35)15(3)4)30(40)32(7,8)29(17)39)28-20(27(21)38)18-12-31(5,6)13-19(18)33(9,10)41-28/h14-15,18-19,36-39H,11-13H2,1-10H3/t18-,19+/m1/s1. The van der Waals surface area contributed by atoms with Crippen molar-refractivity contribution < 1.29 is 39.5 Å². The molecule has 1 aromatic carbocycles. The summed E-state index contributed by atoms with van der Waals surface area (Å²) in [7, 11) is 0. The highest BCUT2D eigenvalue weighted by atomic mass is 16.5. The Balaban J connectivity index is 2.05. The summed E-state index contributed by atoms with van der Waals surface area (Å²) in [4.78, 5) is 39.7. The molecule has 1 saturated carbocycles. The molecular formula is C33H44O8. The summed E-state index contributed by atoms with van der Waals surface area (Å²) in [5.41, 5.74) is -2.48. The number of hydrogen-bond acceptors (Lipinski definition) is 8. The zero-order chi connectivity index (χ0) is 31.1. The molecule has 1 aliphatic heterocycles. The Labute approximate surface area is 242 Å². The van der Waals surface area contributed by atoms with E-state index in [0.29, 0.717) is 5.56 Å². The van der Waals surface area contributed by atoms with E-state index in [1.54, 1.807) is 27.7 Å². The SMILES string of the molecule is CC(C)C(=O)C1=C(O)C(Cc2c(O)c(C(=O)C(C)C)c(O)c3c2OC(C)(C)[C@H]2CC(C)(C)C[C@@H]32)=C(O)C(C)(C)C1=O. The molecule has 0 amide bonds. The molecule has 1 heterocycles. The van der Waals surface area contributed by atoms with E-state index >= 15 is 0 Å². The highest BCUT2D eigenvalue weighted by molar-refractivity contribution is 6.24. The van der Waals surface area contributed by atoms with E-state index < -0.39 is 63.0 Å². The third-order valence-electron chi connectivity index (χ3n) is 9.28. The van der Waals surface area contributed by atoms with Gasteiger partial charge in [-0.3, -0.25) is 14.4 Å². The van der Waals surface area contributed by atoms with Gasteiger partial charge in [0.15, 0.2) is 17.3 Å². The number of phenolic OH excluding ortho intramolecular Hbond substituents is 2. The molecule has 41 heavy (non-hydrogen) atoms. The highest BCUT2D eigenvalue weighted by Gasteiger charge is 2.54. The van der Waals surface area contributed by atoms with Crippen LogP contribution in [0, 0.1) is 28.6 Å². The fraction of sp³-hybridized carbons (Fsp3) is 0.606. The fourth-order valence-electron chi connectivity index (χ4n) is 6.88. The molecule has 0 aromatic heterocycles. The van der Waals surface area contributed by atoms with Crippen molar-refractivity contribution in [2.45, 2.75) is 100 Å². The number of rotatable bonds is 6. The molecular weight excluding hydrogens is 524 g/mol. The Kier molecular flexibility index (Phi) is 7.20. The molecule has 3 aliphatic rings. The molecule has 4 N–H and O–H groups in total. The number of Topliss-reactive ketones (excluding diaryl/α,β-unsaturated/α-hetero) is 3. The van der Waals surface area contributed by atoms with Crippen LogP contribution in [0.25, 0.3) is 0 Å². The number of allylic oxidation sites excluding steroid dienone is 3. The minimum atomic E-state index is -1.52. The minimum absolute atomic E-state index is 0.0257. The number of carbonyl (C=O) groups excluding carboxylic acids is 3. The summed E-state index contributed by atoms with van der Waals surface area (Å²) in [5.74, 6) is -4.72. The van der Waals surface area contributed by atoms with Crippen LogP contribution in [0.2, 0.25) is 0 Å². The van der Waals surface area contributed by atoms with Gasteiger partial charge in [0.25, 0.3) is 0 Å². The molecule has 224 valence electrons. The largest absolute Gasteiger partial charge is 0.511 e. The minimum Gasteiger partial charge on any atom is -0.511 e. The van der Waals surface area contributed by atoms with Gasteiger partial charge in [0, 0.05) is 40.9 Å². The number of benzene rings is 1. The summed E-state index contributed by atoms with van der Waals surface area (Å²) >= 11 is 0. The van der Waals surface area contributed by atoms with Crippen molar-refractivity contribution in [1.82, 2.24) is 0 Å². The molecule has 8 heteroatoms. The molecule has 2 aliphatic carbocycles. The molecule has 0 unspecified atom stereocenters. The zero-order valence-electron chi connectivity index (χ0n) is 25.9. The van der Waals surface area contributed by atoms with E-state index in [1.165, 1.54) is 13.8 Å². The molecule has 0 bridgehead atoms. The van der Waals surface area contributed by atoms with Crippen LogP contribution < -0.4 is 4.74 Å². The average molecular weight is 569 g/mol. The van der Waals surface area contributed by atoms with Gasteiger partial charge < -0.3 is 25.2 Å². The van der Waals surface area contributed by atoms with Gasteiger partial charge in [-0.05, 0) is 51.9 Å². The second kappa shape index (κ2) is 9.63. The van der Waals surface area contributed by atoms with Gasteiger partial charge >= 0.3 is 0 Å². The number of carbonyl (C=O) groups is 3. The van der Waals surface area contributed by atoms with Crippen LogP contribution in [0.15, 0.2) is 22.7 Å². The van der Waals surface area contributed by atoms with Crippen LogP contribution in [-0.4, -0.2) is 43.4 Å². The van der Waals surface area contributed by atoms with Crippen molar-refractivity contribution in [3.8, 4) is 17.2 Å². The van der Waals surface area contributed by atoms with E-state index in [-0.39, 0.29) is 51.9 Å². The Hall–Kier alpha value is -3.29. The predicted molar refractivity (Wildman–Crippen MR) is 155 cm³/mol. The molecule has 0 saturated heterocycles. The van der Waals surface area contributed by atoms with E-state index in [0.717, 1.165) is 12.8 Å². The summed E-state index contributed by atoms with van der Waals surface area (Å²) in [6, 6.07) is 0. The van der Waals surface area contributed by atoms with Gasteiger partial charge in [-0.15, -0.1) is 0 Å². The number of ketones is 3. The lowest BCUT2D eigenvalue weighted by molar-refractivity contribution is -0.128. The number of ether oxygens (including phenoxy) is 1. The predicted octanol–water partition coefficient (Wildman–Crippen LogP) is 6.63. The van der Waals surface area contributed by atoms with Crippen LogP contribution in [0.3, 0.4) is 0 Å². The van der Waals surface area contributed by atoms with Gasteiger partial charge in [0.1, 0.15) is 45.5 Å². The number of aromatic hydroxyl groups is 2. The van der Waals surface area contributed by atoms with Crippen LogP contribution in [0.4, 0.5) is 0 Å². The first-order chi connectivity index (χ1) is 18.7. The van der Waals surface area contributed by atoms with Gasteiger partial charge in [-0.1, -0.05) is 41.5 Å². The number of hydrogen-bond donors (Lipinski definition) is 4. The Morgan fingerprint density at radius 2 is 1.44 bits per heavy atom. The molecule has 2 atom stereocenters. The van der Waals surface area contributed by atoms with Gasteiger partial charge in [0.05, 0.1) is 5.41 Å². The summed E-state index contributed by atoms with van der Waals surface area (Å²) in [6.07, 6.45) is 1.21. The van der Waals surface area contributed by atoms with Crippen molar-refractivity contribution in [3.05, 3.63) is 39.4 Å². The summed E-state index contributed by atoms with van der Waals surface area (Å²) < 4.78 is 6.55. The number of aliphatic hydroxyl groups excluding tert-OH is 2. The topological polar surface area (TPSA) is 141 Å². The van der Waals surface area contributed by atoms with E-state index in [2.05, 4.69) is 13.8 Å². The third-order valence-corrected chi connectivity index (χ3v) is 9.28. The Bertz CT molecular complexity index is 1420. The highest BCUT2D eigenvalue weighted by Crippen LogP contribution is 2.63. The average Bonchev–Trinajstić information content (AvgIpc) is 3.18. The molecule has 0 radical (unpaired) electrons. The number of phenols is 2. The molecule has 1 fully saturated rings. The first-order valence-electron chi connectivity index (χ1n) is 14.4. The van der Waals surface area contributed by atoms with Crippen molar-refractivity contribution in [2.75, 3.05) is 0 Å². The zero-order valence-corrected chi connectivity index (χ0v) is 25.9. The van der Waals surface area contributed by atoms with Crippen molar-refractivity contribution in [3.63, 3.8) is 0 Å². The molecule has 1 aromatic rings. The van der Waals surface area contributed by atoms with Crippen LogP contribution in [0.5, 0.6) is 17.2 Å². The second-order valence-corrected chi connectivity index (χ2v) is 14.5. The normalized spacial score (nSPS) is 24.4. The third kappa shape index (κ3) is 4.63. The maximum absolute atomic E-state index is 13.4. The van der Waals surface area contributed by atoms with E-state index in [4.69, 9.17) is 4.74 Å². The smallest absolute Gasteiger partial charge is 0.183 e. The van der Waals surface area contributed by atoms with Crippen molar-refractivity contribution in [2.24, 2.45) is 28.6 Å². The molecule has 4 rings (SSSR count). The van der Waals surface area contributed by atoms with Gasteiger partial charge in [0.2, 0.25) is 0 Å². The van der Waals surface area contributed by atoms with E-state index in [9.17, 15) is 34.8 Å². The van der Waals surface area contributed by atoms with Gasteiger partial charge in [-0.2, -0.15) is 0 Å². The molecule has 8 nitrogen and oxygen atoms in total. The van der Waals surface area contributed by atoms with Crippen LogP contribution in [-0.2, 0) is 16.0 Å². The van der Waals surface area contributed by atoms with Crippen LogP contribution >= 0.6 is 0 Å².